The van der Waals surface area contributed by atoms with E-state index >= 15 is 0 Å². The van der Waals surface area contributed by atoms with E-state index in [2.05, 4.69) is 37.8 Å². The molecule has 0 aromatic rings. The average Bonchev–Trinajstić information content (AvgIpc) is 3.18. The first kappa shape index (κ1) is 75.5. The van der Waals surface area contributed by atoms with Gasteiger partial charge in [0.1, 0.15) is 19.8 Å². The van der Waals surface area contributed by atoms with Crippen LogP contribution in [0.1, 0.15) is 135 Å². The molecule has 0 N–H and O–H groups in total. The maximum absolute atomic E-state index is 12.0. The molecule has 0 aliphatic carbocycles. The molecule has 22 heteroatoms. The molecule has 1 atom stereocenters. The Labute approximate surface area is 435 Å². The Morgan fingerprint density at radius 1 is 0.631 bits per heavy atom. The van der Waals surface area contributed by atoms with E-state index in [1.54, 1.807) is 20.8 Å². The molecule has 1 amide bonds. The van der Waals surface area contributed by atoms with Crippen molar-refractivity contribution in [3.63, 3.8) is 0 Å². The fourth-order valence-corrected chi connectivity index (χ4v) is 13.9. The number of unbranched alkanes of at least 4 members (excludes halogenated alkanes) is 1. The van der Waals surface area contributed by atoms with Crippen LogP contribution in [-0.2, 0) is 66.5 Å². The molecular formula is C43H87F3KNO14SSi2. The van der Waals surface area contributed by atoms with Gasteiger partial charge in [0.2, 0.25) is 0 Å². The Morgan fingerprint density at radius 2 is 1.06 bits per heavy atom. The van der Waals surface area contributed by atoms with Crippen molar-refractivity contribution in [1.82, 2.24) is 0 Å². The summed E-state index contributed by atoms with van der Waals surface area (Å²) < 4.78 is 96.0. The molecule has 0 fully saturated rings. The number of carbonyl (C=O) groups is 5. The third-order valence-electron chi connectivity index (χ3n) is 9.41. The van der Waals surface area contributed by atoms with Crippen LogP contribution in [0.2, 0.25) is 38.3 Å². The number of esters is 4. The largest absolute Gasteiger partial charge is 1.00 e. The van der Waals surface area contributed by atoms with E-state index in [0.29, 0.717) is 46.1 Å². The molecular weight excluding hydrogens is 939 g/mol. The number of carbonyl (C=O) groups excluding carboxylic acids is 5. The molecule has 0 aromatic heterocycles. The number of amides is 1. The molecule has 0 saturated heterocycles. The second-order valence-electron chi connectivity index (χ2n) is 17.0. The summed E-state index contributed by atoms with van der Waals surface area (Å²) in [6.45, 7) is 30.9. The van der Waals surface area contributed by atoms with Gasteiger partial charge in [0.15, 0.2) is 26.7 Å². The SMILES string of the molecule is C.C.CCC(C)(C)C(=O)OCCOC(=O)CCC(=O)[N-]S(=O)(=O)C(F)(F)F.CCCC[Si](C)(C)O[Si](C)(C)CCCOC(=O)C(C)(C)CC.CCOCCOCCOC(=O)C(C)CC.[K+]. The summed E-state index contributed by atoms with van der Waals surface area (Å²) >= 11 is 0. The van der Waals surface area contributed by atoms with Gasteiger partial charge in [-0.3, -0.25) is 19.2 Å². The van der Waals surface area contributed by atoms with E-state index in [0.717, 1.165) is 25.3 Å². The molecule has 1 unspecified atom stereocenters. The van der Waals surface area contributed by atoms with E-state index in [9.17, 15) is 45.6 Å². The van der Waals surface area contributed by atoms with E-state index < -0.39 is 68.3 Å². The second kappa shape index (κ2) is 38.8. The monoisotopic (exact) mass is 1030 g/mol. The maximum Gasteiger partial charge on any atom is 1.00 e. The van der Waals surface area contributed by atoms with Gasteiger partial charge in [-0.15, -0.1) is 0 Å². The number of halogens is 3. The van der Waals surface area contributed by atoms with Crippen molar-refractivity contribution in [3.8, 4) is 0 Å². The fourth-order valence-electron chi connectivity index (χ4n) is 4.47. The average molecular weight is 1030 g/mol. The van der Waals surface area contributed by atoms with Gasteiger partial charge in [0.25, 0.3) is 0 Å². The van der Waals surface area contributed by atoms with Crippen LogP contribution in [0, 0.1) is 16.7 Å². The molecule has 0 bridgehead atoms. The molecule has 384 valence electrons. The Bertz CT molecular complexity index is 1420. The van der Waals surface area contributed by atoms with E-state index in [-0.39, 0.29) is 103 Å². The number of alkyl halides is 3. The standard InChI is InChI=1S/C17H38O3Si2.C13H20F3NO7S.C11H22O4.2CH4.K/c1-9-11-14-21(5,6)20-22(7,8)15-12-13-19-16(18)17(3,4)10-2;1-4-12(2,3)11(20)24-8-7-23-10(19)6-5-9(18)17-25(21,22)13(14,15)16;1-4-10(3)11(12)15-9-8-14-7-6-13-5-2;;;/h9-15H2,1-8H3;4-8H2,1-3H3,(H,17,18);10H,4-9H2,1-3H3;2*1H4;/q;;;;;+1/p-1. The Kier molecular flexibility index (Phi) is 45.1. The summed E-state index contributed by atoms with van der Waals surface area (Å²) in [5.41, 5.74) is -6.74. The fraction of sp³-hybridized carbons (Fsp3) is 0.884. The van der Waals surface area contributed by atoms with Gasteiger partial charge < -0.3 is 42.1 Å². The molecule has 65 heavy (non-hydrogen) atoms. The third kappa shape index (κ3) is 39.6. The van der Waals surface area contributed by atoms with Gasteiger partial charge in [-0.1, -0.05) is 62.3 Å². The van der Waals surface area contributed by atoms with Crippen LogP contribution in [-0.4, -0.2) is 113 Å². The normalized spacial score (nSPS) is 12.1. The summed E-state index contributed by atoms with van der Waals surface area (Å²) in [5.74, 6) is -3.33. The van der Waals surface area contributed by atoms with Crippen LogP contribution in [0.5, 0.6) is 0 Å². The number of hydrogen-bond acceptors (Lipinski definition) is 14. The van der Waals surface area contributed by atoms with Gasteiger partial charge >= 0.3 is 80.8 Å². The van der Waals surface area contributed by atoms with Crippen molar-refractivity contribution >= 4 is 56.4 Å². The minimum Gasteiger partial charge on any atom is -0.538 e. The van der Waals surface area contributed by atoms with Crippen LogP contribution >= 0.6 is 0 Å². The summed E-state index contributed by atoms with van der Waals surface area (Å²) in [7, 11) is -9.09. The zero-order chi connectivity index (χ0) is 48.8. The van der Waals surface area contributed by atoms with Crippen LogP contribution in [0.3, 0.4) is 0 Å². The third-order valence-corrected chi connectivity index (χ3v) is 18.0. The van der Waals surface area contributed by atoms with Gasteiger partial charge in [-0.25, -0.2) is 8.42 Å². The zero-order valence-electron chi connectivity index (χ0n) is 41.0. The van der Waals surface area contributed by atoms with Gasteiger partial charge in [0, 0.05) is 6.61 Å². The number of sulfonamides is 1. The van der Waals surface area contributed by atoms with Crippen LogP contribution in [0.25, 0.3) is 4.72 Å². The first-order valence-electron chi connectivity index (χ1n) is 21.5. The molecule has 0 rings (SSSR count). The minimum atomic E-state index is -5.93. The maximum atomic E-state index is 12.0. The molecule has 0 radical (unpaired) electrons. The molecule has 15 nitrogen and oxygen atoms in total. The Balaban J connectivity index is -0.000000202. The number of rotatable bonds is 29. The second-order valence-corrected chi connectivity index (χ2v) is 27.4. The molecule has 0 heterocycles. The molecule has 0 aromatic carbocycles. The Hall–Kier alpha value is -0.960. The van der Waals surface area contributed by atoms with Crippen molar-refractivity contribution < 1.29 is 129 Å². The van der Waals surface area contributed by atoms with Gasteiger partial charge in [-0.2, -0.15) is 13.2 Å². The van der Waals surface area contributed by atoms with E-state index in [1.165, 1.54) is 18.9 Å². The van der Waals surface area contributed by atoms with Gasteiger partial charge in [-0.05, 0) is 105 Å². The van der Waals surface area contributed by atoms with Crippen LogP contribution in [0.15, 0.2) is 0 Å². The van der Waals surface area contributed by atoms with Gasteiger partial charge in [0.05, 0.1) is 55.5 Å². The minimum absolute atomic E-state index is 0. The number of hydrogen-bond donors (Lipinski definition) is 0. The van der Waals surface area contributed by atoms with Crippen molar-refractivity contribution in [1.29, 1.82) is 0 Å². The predicted molar refractivity (Wildman–Crippen MR) is 250 cm³/mol. The summed E-state index contributed by atoms with van der Waals surface area (Å²) in [6.07, 6.45) is 4.07. The summed E-state index contributed by atoms with van der Waals surface area (Å²) in [4.78, 5) is 57.1. The molecule has 0 spiro atoms. The van der Waals surface area contributed by atoms with Crippen molar-refractivity contribution in [2.75, 3.05) is 52.9 Å². The topological polar surface area (TPSA) is 198 Å². The first-order chi connectivity index (χ1) is 28.4. The number of nitrogens with zero attached hydrogens (tertiary/aromatic N) is 1. The zero-order valence-corrected chi connectivity index (χ0v) is 46.9. The molecule has 0 aliphatic heterocycles. The van der Waals surface area contributed by atoms with E-state index in [4.69, 9.17) is 27.8 Å². The number of ether oxygens (including phenoxy) is 6. The molecule has 0 aliphatic rings. The van der Waals surface area contributed by atoms with E-state index in [1.807, 2.05) is 46.3 Å². The van der Waals surface area contributed by atoms with Crippen molar-refractivity contribution in [2.45, 2.75) is 179 Å². The quantitative estimate of drug-likeness (QED) is 0.0308. The predicted octanol–water partition coefficient (Wildman–Crippen LogP) is 7.53. The first-order valence-corrected chi connectivity index (χ1v) is 29.2. The van der Waals surface area contributed by atoms with Crippen LogP contribution < -0.4 is 51.4 Å². The Morgan fingerprint density at radius 3 is 1.51 bits per heavy atom. The van der Waals surface area contributed by atoms with Crippen molar-refractivity contribution in [3.05, 3.63) is 4.72 Å². The smallest absolute Gasteiger partial charge is 0.538 e. The summed E-state index contributed by atoms with van der Waals surface area (Å²) in [5, 5.41) is 0. The summed E-state index contributed by atoms with van der Waals surface area (Å²) in [6, 6.07) is 2.31. The van der Waals surface area contributed by atoms with Crippen LogP contribution in [0.4, 0.5) is 13.2 Å². The molecule has 0 saturated carbocycles. The van der Waals surface area contributed by atoms with Crippen molar-refractivity contribution in [2.24, 2.45) is 16.7 Å².